The summed E-state index contributed by atoms with van der Waals surface area (Å²) >= 11 is 1.27. The first-order valence-electron chi connectivity index (χ1n) is 8.23. The molecule has 142 valence electrons. The van der Waals surface area contributed by atoms with Crippen LogP contribution in [0.2, 0.25) is 0 Å². The van der Waals surface area contributed by atoms with Crippen LogP contribution in [0.3, 0.4) is 0 Å². The Kier molecular flexibility index (Phi) is 5.76. The maximum absolute atomic E-state index is 12.6. The molecular formula is C20H14F3N3OS. The lowest BCUT2D eigenvalue weighted by Gasteiger charge is -2.06. The maximum atomic E-state index is 12.6. The molecule has 0 spiro atoms. The number of nitriles is 1. The molecule has 0 aliphatic heterocycles. The number of amides is 1. The highest BCUT2D eigenvalue weighted by Gasteiger charge is 2.30. The predicted molar refractivity (Wildman–Crippen MR) is 99.3 cm³/mol. The van der Waals surface area contributed by atoms with E-state index in [1.807, 2.05) is 6.07 Å². The molecule has 1 aromatic heterocycles. The monoisotopic (exact) mass is 401 g/mol. The third kappa shape index (κ3) is 4.96. The smallest absolute Gasteiger partial charge is 0.352 e. The number of halogens is 3. The summed E-state index contributed by atoms with van der Waals surface area (Å²) in [7, 11) is 0. The summed E-state index contributed by atoms with van der Waals surface area (Å²) in [6.45, 7) is 0.334. The molecule has 3 rings (SSSR count). The number of alkyl halides is 3. The Morgan fingerprint density at radius 2 is 1.79 bits per heavy atom. The van der Waals surface area contributed by atoms with Gasteiger partial charge in [0.25, 0.3) is 0 Å². The van der Waals surface area contributed by atoms with Gasteiger partial charge < -0.3 is 5.32 Å². The minimum Gasteiger partial charge on any atom is -0.352 e. The number of benzene rings is 2. The first-order chi connectivity index (χ1) is 13.3. The van der Waals surface area contributed by atoms with Crippen molar-refractivity contribution >= 4 is 17.2 Å². The number of thiazole rings is 1. The fraction of sp³-hybridized carbons (Fsp3) is 0.150. The fourth-order valence-electron chi connectivity index (χ4n) is 2.45. The number of hydrogen-bond donors (Lipinski definition) is 1. The molecule has 28 heavy (non-hydrogen) atoms. The molecule has 1 heterocycles. The third-order valence-electron chi connectivity index (χ3n) is 3.93. The number of hydrogen-bond acceptors (Lipinski definition) is 4. The van der Waals surface area contributed by atoms with Crippen molar-refractivity contribution in [3.8, 4) is 16.6 Å². The summed E-state index contributed by atoms with van der Waals surface area (Å²) in [5.74, 6) is -0.214. The SMILES string of the molecule is N#Cc1ccc(CNC(=O)Cc2csc(-c3ccc(C(F)(F)F)cc3)n2)cc1. The number of nitrogens with one attached hydrogen (secondary N) is 1. The number of aromatic nitrogens is 1. The average Bonchev–Trinajstić information content (AvgIpc) is 3.14. The van der Waals surface area contributed by atoms with Crippen LogP contribution in [0, 0.1) is 11.3 Å². The van der Waals surface area contributed by atoms with Crippen LogP contribution in [-0.2, 0) is 23.9 Å². The highest BCUT2D eigenvalue weighted by atomic mass is 32.1. The molecule has 0 fully saturated rings. The van der Waals surface area contributed by atoms with Gasteiger partial charge in [-0.25, -0.2) is 4.98 Å². The van der Waals surface area contributed by atoms with Gasteiger partial charge in [0, 0.05) is 17.5 Å². The first kappa shape index (κ1) is 19.6. The predicted octanol–water partition coefficient (Wildman–Crippen LogP) is 4.56. The van der Waals surface area contributed by atoms with Crippen molar-refractivity contribution in [1.29, 1.82) is 5.26 Å². The Morgan fingerprint density at radius 3 is 2.39 bits per heavy atom. The summed E-state index contributed by atoms with van der Waals surface area (Å²) < 4.78 is 37.9. The molecule has 0 aliphatic rings. The van der Waals surface area contributed by atoms with Gasteiger partial charge in [-0.05, 0) is 29.8 Å². The fourth-order valence-corrected chi connectivity index (χ4v) is 3.27. The van der Waals surface area contributed by atoms with Crippen LogP contribution in [0.15, 0.2) is 53.9 Å². The Hall–Kier alpha value is -3.18. The van der Waals surface area contributed by atoms with E-state index in [1.54, 1.807) is 29.6 Å². The minimum atomic E-state index is -4.38. The van der Waals surface area contributed by atoms with E-state index in [1.165, 1.54) is 23.5 Å². The molecule has 0 atom stereocenters. The topological polar surface area (TPSA) is 65.8 Å². The van der Waals surface area contributed by atoms with E-state index in [-0.39, 0.29) is 12.3 Å². The van der Waals surface area contributed by atoms with Crippen molar-refractivity contribution in [3.05, 3.63) is 76.3 Å². The molecule has 0 saturated carbocycles. The Morgan fingerprint density at radius 1 is 1.11 bits per heavy atom. The maximum Gasteiger partial charge on any atom is 0.416 e. The number of nitrogens with zero attached hydrogens (tertiary/aromatic N) is 2. The molecule has 0 radical (unpaired) electrons. The van der Waals surface area contributed by atoms with Crippen LogP contribution < -0.4 is 5.32 Å². The molecule has 0 bridgehead atoms. The molecule has 0 aliphatic carbocycles. The van der Waals surface area contributed by atoms with E-state index in [4.69, 9.17) is 5.26 Å². The highest BCUT2D eigenvalue weighted by molar-refractivity contribution is 7.13. The van der Waals surface area contributed by atoms with E-state index in [2.05, 4.69) is 10.3 Å². The van der Waals surface area contributed by atoms with Gasteiger partial charge in [0.1, 0.15) is 5.01 Å². The molecule has 2 aromatic carbocycles. The quantitative estimate of drug-likeness (QED) is 0.682. The van der Waals surface area contributed by atoms with E-state index >= 15 is 0 Å². The lowest BCUT2D eigenvalue weighted by molar-refractivity contribution is -0.137. The lowest BCUT2D eigenvalue weighted by atomic mass is 10.1. The molecular weight excluding hydrogens is 387 g/mol. The van der Waals surface area contributed by atoms with E-state index in [0.717, 1.165) is 17.7 Å². The Balaban J connectivity index is 1.57. The number of carbonyl (C=O) groups excluding carboxylic acids is 1. The highest BCUT2D eigenvalue weighted by Crippen LogP contribution is 2.31. The lowest BCUT2D eigenvalue weighted by Crippen LogP contribution is -2.24. The van der Waals surface area contributed by atoms with Gasteiger partial charge >= 0.3 is 6.18 Å². The molecule has 0 unspecified atom stereocenters. The van der Waals surface area contributed by atoms with Crippen molar-refractivity contribution < 1.29 is 18.0 Å². The normalized spacial score (nSPS) is 11.1. The van der Waals surface area contributed by atoms with Gasteiger partial charge in [-0.2, -0.15) is 18.4 Å². The number of rotatable bonds is 5. The van der Waals surface area contributed by atoms with Gasteiger partial charge in [-0.15, -0.1) is 11.3 Å². The molecule has 4 nitrogen and oxygen atoms in total. The summed E-state index contributed by atoms with van der Waals surface area (Å²) in [5, 5.41) is 13.8. The van der Waals surface area contributed by atoms with Crippen LogP contribution in [0.25, 0.3) is 10.6 Å². The van der Waals surface area contributed by atoms with Crippen LogP contribution in [0.5, 0.6) is 0 Å². The average molecular weight is 401 g/mol. The molecule has 0 saturated heterocycles. The summed E-state index contributed by atoms with van der Waals surface area (Å²) in [6.07, 6.45) is -4.30. The van der Waals surface area contributed by atoms with Crippen molar-refractivity contribution in [3.63, 3.8) is 0 Å². The number of carbonyl (C=O) groups is 1. The largest absolute Gasteiger partial charge is 0.416 e. The van der Waals surface area contributed by atoms with Gasteiger partial charge in [0.2, 0.25) is 5.91 Å². The van der Waals surface area contributed by atoms with E-state index in [9.17, 15) is 18.0 Å². The molecule has 8 heteroatoms. The second kappa shape index (κ2) is 8.23. The second-order valence-corrected chi connectivity index (χ2v) is 6.84. The summed E-state index contributed by atoms with van der Waals surface area (Å²) in [6, 6.07) is 13.7. The van der Waals surface area contributed by atoms with Crippen molar-refractivity contribution in [2.24, 2.45) is 0 Å². The molecule has 1 N–H and O–H groups in total. The first-order valence-corrected chi connectivity index (χ1v) is 9.11. The molecule has 3 aromatic rings. The summed E-state index contributed by atoms with van der Waals surface area (Å²) in [5.41, 5.74) is 1.83. The zero-order chi connectivity index (χ0) is 20.1. The van der Waals surface area contributed by atoms with Crippen molar-refractivity contribution in [2.45, 2.75) is 19.1 Å². The van der Waals surface area contributed by atoms with Crippen LogP contribution in [0.4, 0.5) is 13.2 Å². The van der Waals surface area contributed by atoms with Crippen molar-refractivity contribution in [1.82, 2.24) is 10.3 Å². The zero-order valence-corrected chi connectivity index (χ0v) is 15.3. The Bertz CT molecular complexity index is 1000. The zero-order valence-electron chi connectivity index (χ0n) is 14.5. The van der Waals surface area contributed by atoms with Gasteiger partial charge in [0.15, 0.2) is 0 Å². The standard InChI is InChI=1S/C20H14F3N3OS/c21-20(22,23)16-7-5-15(6-8-16)19-26-17(12-28-19)9-18(27)25-11-14-3-1-13(10-24)2-4-14/h1-8,12H,9,11H2,(H,25,27). The Labute approximate surface area is 163 Å². The van der Waals surface area contributed by atoms with Crippen LogP contribution in [0.1, 0.15) is 22.4 Å². The van der Waals surface area contributed by atoms with E-state index < -0.39 is 11.7 Å². The van der Waals surface area contributed by atoms with Crippen LogP contribution in [-0.4, -0.2) is 10.9 Å². The van der Waals surface area contributed by atoms with Crippen molar-refractivity contribution in [2.75, 3.05) is 0 Å². The molecule has 1 amide bonds. The third-order valence-corrected chi connectivity index (χ3v) is 4.87. The second-order valence-electron chi connectivity index (χ2n) is 5.98. The summed E-state index contributed by atoms with van der Waals surface area (Å²) in [4.78, 5) is 16.4. The van der Waals surface area contributed by atoms with Crippen LogP contribution >= 0.6 is 11.3 Å². The van der Waals surface area contributed by atoms with Gasteiger partial charge in [-0.3, -0.25) is 4.79 Å². The van der Waals surface area contributed by atoms with Gasteiger partial charge in [0.05, 0.1) is 29.3 Å². The minimum absolute atomic E-state index is 0.0768. The van der Waals surface area contributed by atoms with E-state index in [0.29, 0.717) is 28.4 Å². The van der Waals surface area contributed by atoms with Gasteiger partial charge in [-0.1, -0.05) is 24.3 Å².